The number of carbonyl (C=O) groups excluding carboxylic acids is 2. The maximum absolute atomic E-state index is 12.7. The molecule has 338 valence electrons. The van der Waals surface area contributed by atoms with E-state index in [0.717, 1.165) is 43.0 Å². The van der Waals surface area contributed by atoms with Gasteiger partial charge < -0.3 is 14.2 Å². The average molecular weight is 901 g/mol. The normalized spacial score (nSPS) is 8.54. The van der Waals surface area contributed by atoms with Gasteiger partial charge in [-0.25, -0.2) is 9.59 Å². The van der Waals surface area contributed by atoms with Crippen LogP contribution in [0.2, 0.25) is 0 Å². The number of ether oxygens (including phenoxy) is 3. The van der Waals surface area contributed by atoms with Crippen LogP contribution in [0.3, 0.4) is 0 Å². The summed E-state index contributed by atoms with van der Waals surface area (Å²) in [5.41, 5.74) is 2.68. The Balaban J connectivity index is -0.000000675. The molecule has 0 fully saturated rings. The lowest BCUT2D eigenvalue weighted by atomic mass is 10.0. The van der Waals surface area contributed by atoms with Crippen LogP contribution in [0, 0.1) is 47.8 Å². The van der Waals surface area contributed by atoms with Gasteiger partial charge in [-0.3, -0.25) is 4.89 Å². The van der Waals surface area contributed by atoms with Gasteiger partial charge in [-0.05, 0) is 79.4 Å². The lowest BCUT2D eigenvalue weighted by Gasteiger charge is -2.13. The molecule has 3 aromatic rings. The van der Waals surface area contributed by atoms with E-state index < -0.39 is 5.97 Å². The van der Waals surface area contributed by atoms with E-state index in [2.05, 4.69) is 47.5 Å². The van der Waals surface area contributed by atoms with Crippen LogP contribution in [-0.4, -0.2) is 31.3 Å². The van der Waals surface area contributed by atoms with Crippen LogP contribution in [0.1, 0.15) is 73.1 Å². The Morgan fingerprint density at radius 3 is 1.52 bits per heavy atom. The van der Waals surface area contributed by atoms with Crippen LogP contribution in [0.15, 0.2) is 72.8 Å². The minimum Gasteiger partial charge on any atom is -0.494 e. The molecule has 0 N–H and O–H groups in total. The van der Waals surface area contributed by atoms with Gasteiger partial charge in [0.2, 0.25) is 0 Å². The predicted molar refractivity (Wildman–Crippen MR) is 192 cm³/mol. The number of benzene rings is 3. The first kappa shape index (κ1) is 63.5. The molecule has 22 heteroatoms. The van der Waals surface area contributed by atoms with Crippen molar-refractivity contribution in [3.8, 4) is 70.4 Å². The fraction of sp³-hybridized carbons (Fsp3) is 0.282. The molecular weight excluding hydrogens is 865 g/mol. The highest BCUT2D eigenvalue weighted by Crippen LogP contribution is 2.24. The Kier molecular flexibility index (Phi) is 53.5. The van der Waals surface area contributed by atoms with E-state index in [0.29, 0.717) is 35.7 Å². The van der Waals surface area contributed by atoms with Crippen LogP contribution in [0.25, 0.3) is 11.1 Å². The van der Waals surface area contributed by atoms with Crippen LogP contribution < -0.4 is 9.47 Å². The summed E-state index contributed by atoms with van der Waals surface area (Å²) in [6.45, 7) is 4.73. The number of halogens is 15. The number of unbranched alkanes of at least 4 members (excludes halogenated alkanes) is 3. The standard InChI is InChI=1S/C39H35FO7.7F2/c1-3-4-5-10-14-31(2)46-38(41)35-21-25-37(26-22-35)47-39(42)34-17-15-32(16-18-34)33-19-23-36(24-20-33)43-28-13-30-45-44-29-12-9-7-6-8-11-27-40;7*1-2/h15-26,31H,3-5,10,13-14,28,30H2,1-2H3;;;;;;;. The Morgan fingerprint density at radius 2 is 1.00 bits per heavy atom. The lowest BCUT2D eigenvalue weighted by molar-refractivity contribution is -0.237. The molecule has 0 aliphatic rings. The average Bonchev–Trinajstić information content (AvgIpc) is 3.34. The first-order valence-electron chi connectivity index (χ1n) is 16.3. The second kappa shape index (κ2) is 51.4. The quantitative estimate of drug-likeness (QED) is 0.0269. The minimum absolute atomic E-state index is 0.150. The van der Waals surface area contributed by atoms with Crippen molar-refractivity contribution in [1.29, 1.82) is 0 Å². The molecule has 1 unspecified atom stereocenters. The zero-order valence-corrected chi connectivity index (χ0v) is 31.7. The van der Waals surface area contributed by atoms with Gasteiger partial charge in [0, 0.05) is 106 Å². The van der Waals surface area contributed by atoms with Crippen molar-refractivity contribution in [3.05, 3.63) is 83.9 Å². The van der Waals surface area contributed by atoms with Gasteiger partial charge in [0.25, 0.3) is 0 Å². The fourth-order valence-electron chi connectivity index (χ4n) is 4.11. The molecule has 0 saturated carbocycles. The van der Waals surface area contributed by atoms with Gasteiger partial charge in [0.15, 0.2) is 6.11 Å². The third kappa shape index (κ3) is 34.0. The van der Waals surface area contributed by atoms with Gasteiger partial charge >= 0.3 is 11.9 Å². The fourth-order valence-corrected chi connectivity index (χ4v) is 4.11. The van der Waals surface area contributed by atoms with E-state index in [1.807, 2.05) is 49.2 Å². The van der Waals surface area contributed by atoms with Crippen molar-refractivity contribution >= 4 is 11.9 Å². The molecule has 3 rings (SSSR count). The molecule has 0 heterocycles. The van der Waals surface area contributed by atoms with Crippen molar-refractivity contribution < 1.29 is 102 Å². The summed E-state index contributed by atoms with van der Waals surface area (Å²) in [7, 11) is 0. The largest absolute Gasteiger partial charge is 0.494 e. The van der Waals surface area contributed by atoms with E-state index in [1.165, 1.54) is 6.42 Å². The van der Waals surface area contributed by atoms with Crippen LogP contribution in [-0.2, 0) is 14.5 Å². The molecule has 0 aromatic heterocycles. The lowest BCUT2D eigenvalue weighted by Crippen LogP contribution is -2.15. The molecule has 0 bridgehead atoms. The summed E-state index contributed by atoms with van der Waals surface area (Å²) in [5, 5.41) is 0. The molecule has 0 spiro atoms. The zero-order valence-electron chi connectivity index (χ0n) is 31.7. The summed E-state index contributed by atoms with van der Waals surface area (Å²) >= 11 is 0. The molecule has 0 saturated heterocycles. The highest BCUT2D eigenvalue weighted by molar-refractivity contribution is 5.92. The van der Waals surface area contributed by atoms with Gasteiger partial charge in [0.05, 0.1) is 30.4 Å². The second-order valence-electron chi connectivity index (χ2n) is 10.1. The summed E-state index contributed by atoms with van der Waals surface area (Å²) < 4.78 is 140. The number of hydrogen-bond donors (Lipinski definition) is 0. The monoisotopic (exact) mass is 900 g/mol. The van der Waals surface area contributed by atoms with Crippen molar-refractivity contribution in [2.75, 3.05) is 13.2 Å². The SMILES string of the molecule is CCCCCCC(C)OC(=O)c1ccc(OC(=O)c2ccc(-c3ccc(OCCCOOC#CC#CC#CC#CF)cc3)cc2)cc1.FF.FF.FF.FF.FF.FF.FF. The third-order valence-electron chi connectivity index (χ3n) is 6.53. The van der Waals surface area contributed by atoms with E-state index in [4.69, 9.17) is 83.1 Å². The van der Waals surface area contributed by atoms with Crippen LogP contribution >= 0.6 is 0 Å². The molecule has 3 aromatic carbocycles. The highest BCUT2D eigenvalue weighted by atomic mass is 20.0. The van der Waals surface area contributed by atoms with E-state index in [1.54, 1.807) is 36.4 Å². The van der Waals surface area contributed by atoms with E-state index in [-0.39, 0.29) is 18.7 Å². The highest BCUT2D eigenvalue weighted by Gasteiger charge is 2.14. The summed E-state index contributed by atoms with van der Waals surface area (Å²) in [6, 6.07) is 21.0. The van der Waals surface area contributed by atoms with Gasteiger partial charge in [-0.2, -0.15) is 4.89 Å². The number of rotatable bonds is 16. The molecule has 0 amide bonds. The maximum Gasteiger partial charge on any atom is 0.343 e. The van der Waals surface area contributed by atoms with Crippen LogP contribution in [0.4, 0.5) is 68.4 Å². The van der Waals surface area contributed by atoms with Crippen molar-refractivity contribution in [2.24, 2.45) is 0 Å². The van der Waals surface area contributed by atoms with Crippen LogP contribution in [0.5, 0.6) is 11.5 Å². The Morgan fingerprint density at radius 1 is 0.541 bits per heavy atom. The molecule has 7 nitrogen and oxygen atoms in total. The molecule has 61 heavy (non-hydrogen) atoms. The smallest absolute Gasteiger partial charge is 0.343 e. The summed E-state index contributed by atoms with van der Waals surface area (Å²) in [4.78, 5) is 34.7. The second-order valence-corrected chi connectivity index (χ2v) is 10.1. The zero-order chi connectivity index (χ0) is 47.5. The van der Waals surface area contributed by atoms with E-state index in [9.17, 15) is 14.0 Å². The Bertz CT molecular complexity index is 1730. The third-order valence-corrected chi connectivity index (χ3v) is 6.53. The molecule has 0 radical (unpaired) electrons. The van der Waals surface area contributed by atoms with E-state index >= 15 is 0 Å². The molecule has 0 aliphatic carbocycles. The van der Waals surface area contributed by atoms with Gasteiger partial charge in [-0.15, -0.1) is 4.39 Å². The predicted octanol–water partition coefficient (Wildman–Crippen LogP) is 13.6. The van der Waals surface area contributed by atoms with Crippen molar-refractivity contribution in [2.45, 2.75) is 58.5 Å². The molecule has 0 aliphatic heterocycles. The van der Waals surface area contributed by atoms with Gasteiger partial charge in [0.1, 0.15) is 17.7 Å². The maximum atomic E-state index is 12.7. The Hall–Kier alpha value is -6.65. The number of hydrogen-bond acceptors (Lipinski definition) is 7. The topological polar surface area (TPSA) is 80.3 Å². The summed E-state index contributed by atoms with van der Waals surface area (Å²) in [6.07, 6.45) is 9.15. The first-order valence-corrected chi connectivity index (χ1v) is 16.3. The van der Waals surface area contributed by atoms with Gasteiger partial charge in [-0.1, -0.05) is 50.5 Å². The minimum atomic E-state index is -0.501. The summed E-state index contributed by atoms with van der Waals surface area (Å²) in [5.74, 6) is 13.6. The Labute approximate surface area is 340 Å². The van der Waals surface area contributed by atoms with Crippen molar-refractivity contribution in [3.63, 3.8) is 0 Å². The number of esters is 2. The van der Waals surface area contributed by atoms with Crippen molar-refractivity contribution in [1.82, 2.24) is 0 Å². The number of carbonyl (C=O) groups is 2. The first-order chi connectivity index (χ1) is 30.0. The molecular formula is C39H35F15O7. The molecule has 1 atom stereocenters.